The average molecular weight is 952 g/mol. The monoisotopic (exact) mass is 951 g/mol. The van der Waals surface area contributed by atoms with Gasteiger partial charge in [0.05, 0.1) is 30.3 Å². The van der Waals surface area contributed by atoms with Crippen LogP contribution in [0.15, 0.2) is 51.5 Å². The van der Waals surface area contributed by atoms with E-state index in [-0.39, 0.29) is 41.2 Å². The van der Waals surface area contributed by atoms with Crippen molar-refractivity contribution in [2.75, 3.05) is 18.6 Å². The molecule has 0 unspecified atom stereocenters. The molecule has 3 aliphatic carbocycles. The second kappa shape index (κ2) is 18.8. The molecular weight excluding hydrogens is 895 g/mol. The van der Waals surface area contributed by atoms with E-state index in [1.807, 2.05) is 6.26 Å². The quantitative estimate of drug-likeness (QED) is 0.0621. The maximum absolute atomic E-state index is 15.7. The SMILES string of the molecule is CSSCCCC(=O)O[C@H]1C(=O)[C@@]2(C)[C@H]([C@H](OC(=O)c3cccs3)[C@]3(O)C[C@H](OC(=O)[C@H](O)[C@@H](NC(=O)OC(C)(C)C)c4ccco4)C(C)=C1C3(C)C)[C@]1(OC(C)=O)CO[C@@H]1C[C@@H]2O. The summed E-state index contributed by atoms with van der Waals surface area (Å²) in [5.74, 6) is -5.62. The fourth-order valence-corrected chi connectivity index (χ4v) is 11.7. The molecule has 2 bridgehead atoms. The zero-order valence-corrected chi connectivity index (χ0v) is 39.6. The Kier molecular flexibility index (Phi) is 14.5. The van der Waals surface area contributed by atoms with Crippen LogP contribution in [0.3, 0.4) is 0 Å². The van der Waals surface area contributed by atoms with E-state index in [2.05, 4.69) is 5.32 Å². The zero-order valence-electron chi connectivity index (χ0n) is 37.2. The third-order valence-electron chi connectivity index (χ3n) is 12.9. The minimum absolute atomic E-state index is 0.00240. The topological polar surface area (TPSA) is 244 Å². The van der Waals surface area contributed by atoms with Crippen LogP contribution in [0.4, 0.5) is 4.79 Å². The molecular formula is C44H57NO16S3. The molecule has 0 aromatic carbocycles. The molecule has 11 atom stereocenters. The molecule has 6 rings (SSSR count). The molecule has 17 nitrogen and oxygen atoms in total. The van der Waals surface area contributed by atoms with Crippen molar-refractivity contribution in [3.8, 4) is 0 Å². The van der Waals surface area contributed by atoms with Crippen molar-refractivity contribution in [3.63, 3.8) is 0 Å². The van der Waals surface area contributed by atoms with Gasteiger partial charge in [-0.3, -0.25) is 14.4 Å². The molecule has 20 heteroatoms. The lowest BCUT2D eigenvalue weighted by Gasteiger charge is -2.67. The lowest BCUT2D eigenvalue weighted by atomic mass is 9.44. The number of rotatable bonds is 14. The number of fused-ring (bicyclic) bond motifs is 5. The van der Waals surface area contributed by atoms with Crippen LogP contribution in [0.5, 0.6) is 0 Å². The molecule has 2 aromatic rings. The highest BCUT2D eigenvalue weighted by atomic mass is 33.1. The lowest BCUT2D eigenvalue weighted by molar-refractivity contribution is -0.346. The van der Waals surface area contributed by atoms with Gasteiger partial charge in [0, 0.05) is 37.4 Å². The summed E-state index contributed by atoms with van der Waals surface area (Å²) >= 11 is 1.05. The van der Waals surface area contributed by atoms with Crippen molar-refractivity contribution in [1.82, 2.24) is 5.32 Å². The smallest absolute Gasteiger partial charge is 0.408 e. The fraction of sp³-hybridized carbons (Fsp3) is 0.636. The molecule has 0 spiro atoms. The number of carbonyl (C=O) groups excluding carboxylic acids is 6. The number of hydrogen-bond acceptors (Lipinski definition) is 19. The van der Waals surface area contributed by atoms with Crippen LogP contribution >= 0.6 is 32.9 Å². The standard InChI is InChI=1S/C44H57NO16S3/c1-22-25(57-38(52)32(49)31(24-13-10-16-55-24)45-39(53)61-40(3,4)5)20-44(54)36(59-37(51)26-14-11-17-63-26)34-42(8,27(47)19-28-43(34,21-56-28)60-23(2)46)35(50)33(30(22)41(44,6)7)58-29(48)15-12-18-64-62-9/h10-11,13-14,16-17,25,27-28,31-34,36,47,49,54H,12,15,18-21H2,1-9H3,(H,45,53)/t25-,27-,28+,31-,32+,33+,34-,36-,42+,43-,44+/m0/s1. The first-order valence-electron chi connectivity index (χ1n) is 20.9. The summed E-state index contributed by atoms with van der Waals surface area (Å²) in [6, 6.07) is 4.47. The van der Waals surface area contributed by atoms with Gasteiger partial charge < -0.3 is 53.5 Å². The Labute approximate surface area is 383 Å². The van der Waals surface area contributed by atoms with Gasteiger partial charge in [-0.05, 0) is 82.0 Å². The van der Waals surface area contributed by atoms with E-state index in [1.54, 1.807) is 46.1 Å². The number of amides is 1. The van der Waals surface area contributed by atoms with Gasteiger partial charge in [0.1, 0.15) is 46.2 Å². The van der Waals surface area contributed by atoms with E-state index in [1.165, 1.54) is 59.9 Å². The Morgan fingerprint density at radius 2 is 1.80 bits per heavy atom. The largest absolute Gasteiger partial charge is 0.467 e. The number of hydrogen-bond donors (Lipinski definition) is 4. The molecule has 3 fully saturated rings. The van der Waals surface area contributed by atoms with Crippen LogP contribution in [-0.2, 0) is 47.6 Å². The van der Waals surface area contributed by atoms with Gasteiger partial charge in [0.15, 0.2) is 23.6 Å². The predicted molar refractivity (Wildman–Crippen MR) is 233 cm³/mol. The number of ketones is 1. The summed E-state index contributed by atoms with van der Waals surface area (Å²) in [5.41, 5.74) is -8.73. The van der Waals surface area contributed by atoms with Crippen molar-refractivity contribution >= 4 is 68.7 Å². The Bertz CT molecular complexity index is 2120. The van der Waals surface area contributed by atoms with Crippen LogP contribution in [0.1, 0.15) is 103 Å². The van der Waals surface area contributed by atoms with E-state index in [0.29, 0.717) is 12.2 Å². The van der Waals surface area contributed by atoms with Crippen molar-refractivity contribution in [1.29, 1.82) is 0 Å². The van der Waals surface area contributed by atoms with E-state index >= 15 is 4.79 Å². The van der Waals surface area contributed by atoms with Crippen LogP contribution < -0.4 is 5.32 Å². The van der Waals surface area contributed by atoms with E-state index < -0.39 is 118 Å². The van der Waals surface area contributed by atoms with Crippen LogP contribution in [0.2, 0.25) is 0 Å². The first-order chi connectivity index (χ1) is 29.9. The highest BCUT2D eigenvalue weighted by molar-refractivity contribution is 8.76. The van der Waals surface area contributed by atoms with Crippen molar-refractivity contribution in [2.24, 2.45) is 16.7 Å². The van der Waals surface area contributed by atoms with Crippen molar-refractivity contribution < 1.29 is 76.9 Å². The van der Waals surface area contributed by atoms with Gasteiger partial charge in [-0.25, -0.2) is 14.4 Å². The van der Waals surface area contributed by atoms with Gasteiger partial charge in [0.25, 0.3) is 0 Å². The van der Waals surface area contributed by atoms with Crippen LogP contribution in [0.25, 0.3) is 0 Å². The Morgan fingerprint density at radius 3 is 2.38 bits per heavy atom. The number of aliphatic hydroxyl groups is 3. The average Bonchev–Trinajstić information content (AvgIpc) is 3.95. The molecule has 4 N–H and O–H groups in total. The minimum atomic E-state index is -2.41. The number of furan rings is 1. The number of Topliss-reactive ketones (excluding diaryl/α,β-unsaturated/α-hetero) is 1. The van der Waals surface area contributed by atoms with E-state index in [4.69, 9.17) is 32.8 Å². The first kappa shape index (κ1) is 49.5. The fourth-order valence-electron chi connectivity index (χ4n) is 9.77. The van der Waals surface area contributed by atoms with Gasteiger partial charge in [-0.15, -0.1) is 11.3 Å². The summed E-state index contributed by atoms with van der Waals surface area (Å²) in [5, 5.41) is 41.6. The summed E-state index contributed by atoms with van der Waals surface area (Å²) in [6.07, 6.45) is -8.25. The lowest BCUT2D eigenvalue weighted by Crippen LogP contribution is -2.82. The second-order valence-corrected chi connectivity index (χ2v) is 22.0. The number of nitrogens with one attached hydrogen (secondary N) is 1. The Hall–Kier alpha value is -3.92. The first-order valence-corrected chi connectivity index (χ1v) is 24.5. The summed E-state index contributed by atoms with van der Waals surface area (Å²) in [7, 11) is 3.05. The molecule has 1 amide bonds. The number of ether oxygens (including phenoxy) is 6. The third-order valence-corrected chi connectivity index (χ3v) is 15.7. The molecule has 1 saturated heterocycles. The highest BCUT2D eigenvalue weighted by Gasteiger charge is 2.78. The summed E-state index contributed by atoms with van der Waals surface area (Å²) in [4.78, 5) is 84.2. The summed E-state index contributed by atoms with van der Waals surface area (Å²) < 4.78 is 41.5. The van der Waals surface area contributed by atoms with Crippen LogP contribution in [0, 0.1) is 16.7 Å². The maximum atomic E-state index is 15.7. The number of aliphatic hydroxyl groups excluding tert-OH is 2. The number of thiophene rings is 1. The Balaban J connectivity index is 1.53. The van der Waals surface area contributed by atoms with Gasteiger partial charge in [0.2, 0.25) is 0 Å². The van der Waals surface area contributed by atoms with Gasteiger partial charge in [-0.2, -0.15) is 0 Å². The molecule has 64 heavy (non-hydrogen) atoms. The predicted octanol–water partition coefficient (Wildman–Crippen LogP) is 5.26. The molecule has 2 saturated carbocycles. The number of alkyl carbamates (subject to hydrolysis) is 1. The van der Waals surface area contributed by atoms with Crippen molar-refractivity contribution in [2.45, 2.75) is 141 Å². The van der Waals surface area contributed by atoms with Gasteiger partial charge in [-0.1, -0.05) is 41.5 Å². The minimum Gasteiger partial charge on any atom is -0.467 e. The molecule has 3 heterocycles. The highest BCUT2D eigenvalue weighted by Crippen LogP contribution is 2.64. The van der Waals surface area contributed by atoms with Gasteiger partial charge >= 0.3 is 30.0 Å². The third kappa shape index (κ3) is 9.12. The van der Waals surface area contributed by atoms with Crippen LogP contribution in [-0.4, -0.2) is 123 Å². The molecule has 4 aliphatic rings. The van der Waals surface area contributed by atoms with E-state index in [9.17, 15) is 39.3 Å². The number of carbonyl (C=O) groups is 6. The normalized spacial score (nSPS) is 31.7. The molecule has 352 valence electrons. The van der Waals surface area contributed by atoms with E-state index in [0.717, 1.165) is 18.3 Å². The molecule has 2 aromatic heterocycles. The number of esters is 4. The Morgan fingerprint density at radius 1 is 1.08 bits per heavy atom. The summed E-state index contributed by atoms with van der Waals surface area (Å²) in [6.45, 7) is 11.8. The molecule has 0 radical (unpaired) electrons. The maximum Gasteiger partial charge on any atom is 0.408 e. The zero-order chi connectivity index (χ0) is 47.2. The molecule has 1 aliphatic heterocycles. The van der Waals surface area contributed by atoms with Crippen molar-refractivity contribution in [3.05, 3.63) is 57.7 Å². The second-order valence-electron chi connectivity index (χ2n) is 18.3.